The lowest BCUT2D eigenvalue weighted by Gasteiger charge is -2.19. The van der Waals surface area contributed by atoms with E-state index in [1.54, 1.807) is 30.5 Å². The Hall–Kier alpha value is -2.80. The van der Waals surface area contributed by atoms with Gasteiger partial charge in [-0.1, -0.05) is 23.8 Å². The highest BCUT2D eigenvalue weighted by Gasteiger charge is 2.20. The van der Waals surface area contributed by atoms with Crippen LogP contribution >= 0.6 is 11.6 Å². The van der Waals surface area contributed by atoms with Gasteiger partial charge in [-0.3, -0.25) is 9.78 Å². The zero-order valence-electron chi connectivity index (χ0n) is 14.1. The van der Waals surface area contributed by atoms with Gasteiger partial charge in [0.1, 0.15) is 0 Å². The van der Waals surface area contributed by atoms with Crippen LogP contribution in [0.3, 0.4) is 0 Å². The van der Waals surface area contributed by atoms with Gasteiger partial charge in [0, 0.05) is 41.5 Å². The molecule has 1 aliphatic carbocycles. The second-order valence-corrected chi connectivity index (χ2v) is 6.47. The molecule has 2 N–H and O–H groups in total. The third-order valence-electron chi connectivity index (χ3n) is 4.05. The summed E-state index contributed by atoms with van der Waals surface area (Å²) < 4.78 is 30.1. The van der Waals surface area contributed by atoms with Crippen molar-refractivity contribution < 1.29 is 18.3 Å². The van der Waals surface area contributed by atoms with Crippen molar-refractivity contribution in [2.45, 2.75) is 25.4 Å². The SMILES string of the molecule is NC(=O)c1cncc(Cc2cnc(OC(F)F)c(C3C=C(Cl)C=CC3)c2)c1. The van der Waals surface area contributed by atoms with Crippen molar-refractivity contribution in [3.63, 3.8) is 0 Å². The number of nitrogens with zero attached hydrogens (tertiary/aromatic N) is 2. The average Bonchev–Trinajstić information content (AvgIpc) is 2.63. The topological polar surface area (TPSA) is 78.1 Å². The van der Waals surface area contributed by atoms with E-state index < -0.39 is 12.5 Å². The van der Waals surface area contributed by atoms with Gasteiger partial charge >= 0.3 is 6.61 Å². The van der Waals surface area contributed by atoms with Crippen LogP contribution in [0.5, 0.6) is 5.88 Å². The van der Waals surface area contributed by atoms with Crippen molar-refractivity contribution in [1.82, 2.24) is 9.97 Å². The lowest BCUT2D eigenvalue weighted by Crippen LogP contribution is -2.12. The van der Waals surface area contributed by atoms with Crippen molar-refractivity contribution in [2.24, 2.45) is 5.73 Å². The maximum atomic E-state index is 12.7. The molecule has 0 radical (unpaired) electrons. The minimum Gasteiger partial charge on any atom is -0.417 e. The first-order valence-corrected chi connectivity index (χ1v) is 8.51. The van der Waals surface area contributed by atoms with E-state index in [0.717, 1.165) is 11.1 Å². The second-order valence-electron chi connectivity index (χ2n) is 6.04. The summed E-state index contributed by atoms with van der Waals surface area (Å²) in [4.78, 5) is 19.4. The Kier molecular flexibility index (Phi) is 5.81. The lowest BCUT2D eigenvalue weighted by molar-refractivity contribution is -0.0536. The Bertz CT molecular complexity index is 916. The van der Waals surface area contributed by atoms with Gasteiger partial charge in [-0.25, -0.2) is 4.98 Å². The van der Waals surface area contributed by atoms with E-state index in [1.807, 2.05) is 6.08 Å². The molecule has 2 heterocycles. The fourth-order valence-electron chi connectivity index (χ4n) is 2.87. The number of hydrogen-bond donors (Lipinski definition) is 1. The molecule has 1 aliphatic rings. The fraction of sp³-hybridized carbons (Fsp3) is 0.211. The largest absolute Gasteiger partial charge is 0.417 e. The van der Waals surface area contributed by atoms with Gasteiger partial charge in [-0.15, -0.1) is 0 Å². The number of ether oxygens (including phenoxy) is 1. The van der Waals surface area contributed by atoms with Crippen molar-refractivity contribution in [3.05, 3.63) is 76.2 Å². The predicted molar refractivity (Wildman–Crippen MR) is 96.9 cm³/mol. The number of amides is 1. The molecule has 5 nitrogen and oxygen atoms in total. The summed E-state index contributed by atoms with van der Waals surface area (Å²) in [5.41, 5.74) is 7.60. The number of carbonyl (C=O) groups is 1. The molecule has 0 fully saturated rings. The molecule has 2 aromatic rings. The molecule has 27 heavy (non-hydrogen) atoms. The Morgan fingerprint density at radius 2 is 2.07 bits per heavy atom. The molecule has 8 heteroatoms. The molecular weight excluding hydrogens is 376 g/mol. The molecule has 140 valence electrons. The van der Waals surface area contributed by atoms with E-state index in [2.05, 4.69) is 14.7 Å². The summed E-state index contributed by atoms with van der Waals surface area (Å²) >= 11 is 6.05. The number of aromatic nitrogens is 2. The van der Waals surface area contributed by atoms with Crippen LogP contribution in [0.25, 0.3) is 0 Å². The summed E-state index contributed by atoms with van der Waals surface area (Å²) in [6.45, 7) is -2.97. The van der Waals surface area contributed by atoms with Crippen LogP contribution in [-0.4, -0.2) is 22.5 Å². The zero-order chi connectivity index (χ0) is 19.4. The predicted octanol–water partition coefficient (Wildman–Crippen LogP) is 3.93. The number of pyridine rings is 2. The van der Waals surface area contributed by atoms with Crippen molar-refractivity contribution in [2.75, 3.05) is 0 Å². The molecule has 0 saturated carbocycles. The van der Waals surface area contributed by atoms with Gasteiger partial charge in [0.05, 0.1) is 5.56 Å². The van der Waals surface area contributed by atoms with E-state index in [1.165, 1.54) is 12.4 Å². The monoisotopic (exact) mass is 391 g/mol. The molecule has 1 atom stereocenters. The first-order valence-electron chi connectivity index (χ1n) is 8.13. The summed E-state index contributed by atoms with van der Waals surface area (Å²) in [6.07, 6.45) is 10.9. The third kappa shape index (κ3) is 4.89. The lowest BCUT2D eigenvalue weighted by atomic mass is 9.91. The number of hydrogen-bond acceptors (Lipinski definition) is 4. The normalized spacial score (nSPS) is 16.3. The number of nitrogens with two attached hydrogens (primary N) is 1. The Morgan fingerprint density at radius 1 is 1.30 bits per heavy atom. The molecule has 2 aromatic heterocycles. The number of halogens is 3. The van der Waals surface area contributed by atoms with E-state index in [9.17, 15) is 13.6 Å². The summed E-state index contributed by atoms with van der Waals surface area (Å²) in [5, 5.41) is 0.526. The van der Waals surface area contributed by atoms with Gasteiger partial charge in [0.15, 0.2) is 0 Å². The van der Waals surface area contributed by atoms with Crippen LogP contribution < -0.4 is 10.5 Å². The Morgan fingerprint density at radius 3 is 2.78 bits per heavy atom. The smallest absolute Gasteiger partial charge is 0.388 e. The number of rotatable bonds is 6. The first kappa shape index (κ1) is 19.0. The van der Waals surface area contributed by atoms with Crippen LogP contribution in [0.4, 0.5) is 8.78 Å². The van der Waals surface area contributed by atoms with Crippen LogP contribution in [0.2, 0.25) is 0 Å². The van der Waals surface area contributed by atoms with E-state index in [-0.39, 0.29) is 11.8 Å². The fourth-order valence-corrected chi connectivity index (χ4v) is 3.12. The Balaban J connectivity index is 1.93. The van der Waals surface area contributed by atoms with Crippen LogP contribution in [0.15, 0.2) is 54.0 Å². The van der Waals surface area contributed by atoms with E-state index >= 15 is 0 Å². The number of allylic oxidation sites excluding steroid dienone is 4. The molecule has 0 bridgehead atoms. The van der Waals surface area contributed by atoms with E-state index in [0.29, 0.717) is 29.0 Å². The summed E-state index contributed by atoms with van der Waals surface area (Å²) in [6, 6.07) is 3.39. The van der Waals surface area contributed by atoms with Gasteiger partial charge in [-0.2, -0.15) is 8.78 Å². The Labute approximate surface area is 159 Å². The zero-order valence-corrected chi connectivity index (χ0v) is 14.9. The summed E-state index contributed by atoms with van der Waals surface area (Å²) in [5.74, 6) is -0.921. The number of carbonyl (C=O) groups excluding carboxylic acids is 1. The molecule has 1 amide bonds. The number of alkyl halides is 2. The first-order chi connectivity index (χ1) is 12.9. The minimum absolute atomic E-state index is 0.126. The van der Waals surface area contributed by atoms with Crippen molar-refractivity contribution in [1.29, 1.82) is 0 Å². The molecule has 0 aliphatic heterocycles. The average molecular weight is 392 g/mol. The minimum atomic E-state index is -2.97. The highest BCUT2D eigenvalue weighted by molar-refractivity contribution is 6.31. The highest BCUT2D eigenvalue weighted by atomic mass is 35.5. The second kappa shape index (κ2) is 8.26. The molecule has 0 aromatic carbocycles. The van der Waals surface area contributed by atoms with Crippen LogP contribution in [0, 0.1) is 0 Å². The number of primary amides is 1. The molecule has 0 saturated heterocycles. The molecule has 1 unspecified atom stereocenters. The van der Waals surface area contributed by atoms with Gasteiger partial charge in [0.2, 0.25) is 11.8 Å². The molecule has 3 rings (SSSR count). The van der Waals surface area contributed by atoms with E-state index in [4.69, 9.17) is 17.3 Å². The van der Waals surface area contributed by atoms with Gasteiger partial charge in [0.25, 0.3) is 0 Å². The maximum absolute atomic E-state index is 12.7. The third-order valence-corrected chi connectivity index (χ3v) is 4.30. The molecule has 0 spiro atoms. The van der Waals surface area contributed by atoms with Gasteiger partial charge in [-0.05, 0) is 35.8 Å². The van der Waals surface area contributed by atoms with Crippen LogP contribution in [0.1, 0.15) is 39.4 Å². The maximum Gasteiger partial charge on any atom is 0.388 e. The molecular formula is C19H16ClF2N3O2. The standard InChI is InChI=1S/C19H16ClF2N3O2/c20-15-3-1-2-13(7-15)16-6-12(9-25-18(16)27-19(21)22)4-11-5-14(17(23)26)10-24-8-11/h1,3,5-10,13,19H,2,4H2,(H2,23,26). The van der Waals surface area contributed by atoms with Crippen molar-refractivity contribution >= 4 is 17.5 Å². The van der Waals surface area contributed by atoms with Gasteiger partial charge < -0.3 is 10.5 Å². The highest BCUT2D eigenvalue weighted by Crippen LogP contribution is 2.34. The summed E-state index contributed by atoms with van der Waals surface area (Å²) in [7, 11) is 0. The quantitative estimate of drug-likeness (QED) is 0.809. The van der Waals surface area contributed by atoms with Crippen LogP contribution in [-0.2, 0) is 6.42 Å². The van der Waals surface area contributed by atoms with Crippen molar-refractivity contribution in [3.8, 4) is 5.88 Å².